The standard InChI is InChI=1S/C12H18ClN3/c1-9-5-3-2-4-6-11(9)16-12-14-7-10(13)8-15-12/h7-9,11H,2-6H2,1H3,(H,14,15,16). The van der Waals surface area contributed by atoms with Gasteiger partial charge in [-0.25, -0.2) is 9.97 Å². The van der Waals surface area contributed by atoms with Crippen molar-refractivity contribution in [3.63, 3.8) is 0 Å². The number of anilines is 1. The summed E-state index contributed by atoms with van der Waals surface area (Å²) < 4.78 is 0. The number of rotatable bonds is 2. The van der Waals surface area contributed by atoms with Crippen molar-refractivity contribution in [2.75, 3.05) is 5.32 Å². The van der Waals surface area contributed by atoms with Crippen LogP contribution in [-0.2, 0) is 0 Å². The van der Waals surface area contributed by atoms with Gasteiger partial charge in [0.2, 0.25) is 5.95 Å². The van der Waals surface area contributed by atoms with Gasteiger partial charge in [0.25, 0.3) is 0 Å². The summed E-state index contributed by atoms with van der Waals surface area (Å²) in [6, 6.07) is 0.503. The number of nitrogens with one attached hydrogen (secondary N) is 1. The summed E-state index contributed by atoms with van der Waals surface area (Å²) in [6.45, 7) is 2.30. The molecule has 0 spiro atoms. The van der Waals surface area contributed by atoms with Gasteiger partial charge in [0.1, 0.15) is 0 Å². The summed E-state index contributed by atoms with van der Waals surface area (Å²) in [6.07, 6.45) is 9.79. The summed E-state index contributed by atoms with van der Waals surface area (Å²) in [4.78, 5) is 8.37. The summed E-state index contributed by atoms with van der Waals surface area (Å²) in [5.41, 5.74) is 0. The number of hydrogen-bond donors (Lipinski definition) is 1. The minimum Gasteiger partial charge on any atom is -0.351 e. The molecular formula is C12H18ClN3. The van der Waals surface area contributed by atoms with Crippen molar-refractivity contribution in [1.29, 1.82) is 0 Å². The topological polar surface area (TPSA) is 37.8 Å². The minimum absolute atomic E-state index is 0.503. The van der Waals surface area contributed by atoms with Gasteiger partial charge < -0.3 is 5.32 Å². The van der Waals surface area contributed by atoms with E-state index in [9.17, 15) is 0 Å². The monoisotopic (exact) mass is 239 g/mol. The maximum Gasteiger partial charge on any atom is 0.222 e. The summed E-state index contributed by atoms with van der Waals surface area (Å²) >= 11 is 5.76. The molecule has 1 aliphatic rings. The molecule has 4 heteroatoms. The van der Waals surface area contributed by atoms with Crippen molar-refractivity contribution < 1.29 is 0 Å². The van der Waals surface area contributed by atoms with E-state index in [2.05, 4.69) is 22.2 Å². The van der Waals surface area contributed by atoms with Crippen LogP contribution in [0.1, 0.15) is 39.0 Å². The van der Waals surface area contributed by atoms with E-state index in [0.29, 0.717) is 22.9 Å². The minimum atomic E-state index is 0.503. The second-order valence-corrected chi connectivity index (χ2v) is 5.03. The first-order valence-corrected chi connectivity index (χ1v) is 6.37. The second kappa shape index (κ2) is 5.48. The lowest BCUT2D eigenvalue weighted by Gasteiger charge is -2.22. The molecule has 1 N–H and O–H groups in total. The highest BCUT2D eigenvalue weighted by atomic mass is 35.5. The van der Waals surface area contributed by atoms with Crippen LogP contribution in [0.4, 0.5) is 5.95 Å². The van der Waals surface area contributed by atoms with Crippen molar-refractivity contribution in [3.8, 4) is 0 Å². The average Bonchev–Trinajstić information content (AvgIpc) is 2.48. The number of halogens is 1. The fraction of sp³-hybridized carbons (Fsp3) is 0.667. The van der Waals surface area contributed by atoms with E-state index in [0.717, 1.165) is 0 Å². The Morgan fingerprint density at radius 2 is 1.88 bits per heavy atom. The Kier molecular flexibility index (Phi) is 3.99. The van der Waals surface area contributed by atoms with Crippen molar-refractivity contribution in [1.82, 2.24) is 9.97 Å². The Balaban J connectivity index is 1.99. The first-order valence-electron chi connectivity index (χ1n) is 6.00. The van der Waals surface area contributed by atoms with Crippen LogP contribution < -0.4 is 5.32 Å². The highest BCUT2D eigenvalue weighted by molar-refractivity contribution is 6.30. The fourth-order valence-electron chi connectivity index (χ4n) is 2.26. The maximum atomic E-state index is 5.76. The summed E-state index contributed by atoms with van der Waals surface area (Å²) in [5.74, 6) is 1.39. The first kappa shape index (κ1) is 11.6. The van der Waals surface area contributed by atoms with Gasteiger partial charge in [0, 0.05) is 6.04 Å². The van der Waals surface area contributed by atoms with Gasteiger partial charge in [-0.1, -0.05) is 37.8 Å². The Morgan fingerprint density at radius 3 is 2.62 bits per heavy atom. The molecule has 2 rings (SSSR count). The third-order valence-electron chi connectivity index (χ3n) is 3.30. The quantitative estimate of drug-likeness (QED) is 0.803. The second-order valence-electron chi connectivity index (χ2n) is 4.59. The van der Waals surface area contributed by atoms with Gasteiger partial charge in [-0.3, -0.25) is 0 Å². The molecule has 1 fully saturated rings. The maximum absolute atomic E-state index is 5.76. The van der Waals surface area contributed by atoms with E-state index in [-0.39, 0.29) is 0 Å². The zero-order chi connectivity index (χ0) is 11.4. The zero-order valence-corrected chi connectivity index (χ0v) is 10.4. The Morgan fingerprint density at radius 1 is 1.19 bits per heavy atom. The van der Waals surface area contributed by atoms with Crippen molar-refractivity contribution >= 4 is 17.5 Å². The molecule has 2 atom stereocenters. The molecule has 0 bridgehead atoms. The molecule has 0 radical (unpaired) electrons. The highest BCUT2D eigenvalue weighted by Crippen LogP contribution is 2.24. The van der Waals surface area contributed by atoms with Crippen molar-refractivity contribution in [3.05, 3.63) is 17.4 Å². The van der Waals surface area contributed by atoms with Gasteiger partial charge in [-0.15, -0.1) is 0 Å². The largest absolute Gasteiger partial charge is 0.351 e. The van der Waals surface area contributed by atoms with Gasteiger partial charge in [-0.2, -0.15) is 0 Å². The molecule has 1 saturated carbocycles. The van der Waals surface area contributed by atoms with Gasteiger partial charge in [0.15, 0.2) is 0 Å². The Hall–Kier alpha value is -0.830. The zero-order valence-electron chi connectivity index (χ0n) is 9.62. The lowest BCUT2D eigenvalue weighted by atomic mass is 9.97. The normalized spacial score (nSPS) is 26.1. The van der Waals surface area contributed by atoms with Crippen LogP contribution in [0.3, 0.4) is 0 Å². The summed E-state index contributed by atoms with van der Waals surface area (Å²) in [7, 11) is 0. The van der Waals surface area contributed by atoms with Gasteiger partial charge in [-0.05, 0) is 18.8 Å². The number of aromatic nitrogens is 2. The van der Waals surface area contributed by atoms with E-state index in [1.807, 2.05) is 0 Å². The molecule has 3 nitrogen and oxygen atoms in total. The smallest absolute Gasteiger partial charge is 0.222 e. The average molecular weight is 240 g/mol. The van der Waals surface area contributed by atoms with Gasteiger partial charge in [0.05, 0.1) is 17.4 Å². The molecule has 88 valence electrons. The molecule has 0 saturated heterocycles. The first-order chi connectivity index (χ1) is 7.75. The predicted molar refractivity (Wildman–Crippen MR) is 66.7 cm³/mol. The van der Waals surface area contributed by atoms with Crippen LogP contribution in [0.15, 0.2) is 12.4 Å². The van der Waals surface area contributed by atoms with Crippen LogP contribution in [-0.4, -0.2) is 16.0 Å². The van der Waals surface area contributed by atoms with E-state index in [1.54, 1.807) is 12.4 Å². The molecule has 0 amide bonds. The van der Waals surface area contributed by atoms with Crippen LogP contribution in [0.5, 0.6) is 0 Å². The van der Waals surface area contributed by atoms with Gasteiger partial charge >= 0.3 is 0 Å². The number of nitrogens with zero attached hydrogens (tertiary/aromatic N) is 2. The van der Waals surface area contributed by atoms with Crippen molar-refractivity contribution in [2.45, 2.75) is 45.1 Å². The van der Waals surface area contributed by atoms with Crippen molar-refractivity contribution in [2.24, 2.45) is 5.92 Å². The SMILES string of the molecule is CC1CCCCCC1Nc1ncc(Cl)cn1. The van der Waals surface area contributed by atoms with Crippen LogP contribution in [0, 0.1) is 5.92 Å². The lowest BCUT2D eigenvalue weighted by Crippen LogP contribution is -2.27. The van der Waals surface area contributed by atoms with E-state index in [4.69, 9.17) is 11.6 Å². The predicted octanol–water partition coefficient (Wildman–Crippen LogP) is 3.51. The Bertz CT molecular complexity index is 326. The van der Waals surface area contributed by atoms with E-state index < -0.39 is 0 Å². The lowest BCUT2D eigenvalue weighted by molar-refractivity contribution is 0.454. The van der Waals surface area contributed by atoms with Crippen LogP contribution in [0.25, 0.3) is 0 Å². The molecule has 1 aromatic rings. The van der Waals surface area contributed by atoms with Crippen LogP contribution in [0.2, 0.25) is 5.02 Å². The fourth-order valence-corrected chi connectivity index (χ4v) is 2.36. The molecule has 1 aromatic heterocycles. The highest BCUT2D eigenvalue weighted by Gasteiger charge is 2.20. The third kappa shape index (κ3) is 3.08. The third-order valence-corrected chi connectivity index (χ3v) is 3.49. The molecule has 0 aromatic carbocycles. The molecular weight excluding hydrogens is 222 g/mol. The molecule has 0 aliphatic heterocycles. The Labute approximate surface area is 102 Å². The molecule has 2 unspecified atom stereocenters. The number of hydrogen-bond acceptors (Lipinski definition) is 3. The molecule has 1 aliphatic carbocycles. The molecule has 1 heterocycles. The van der Waals surface area contributed by atoms with Crippen LogP contribution >= 0.6 is 11.6 Å². The van der Waals surface area contributed by atoms with E-state index in [1.165, 1.54) is 32.1 Å². The van der Waals surface area contributed by atoms with E-state index >= 15 is 0 Å². The molecule has 16 heavy (non-hydrogen) atoms. The summed E-state index contributed by atoms with van der Waals surface area (Å²) in [5, 5.41) is 4.00.